The third-order valence-electron chi connectivity index (χ3n) is 2.62. The lowest BCUT2D eigenvalue weighted by Gasteiger charge is -1.97. The van der Waals surface area contributed by atoms with Gasteiger partial charge in [0.2, 0.25) is 5.13 Å². The van der Waals surface area contributed by atoms with E-state index in [1.54, 1.807) is 0 Å². The van der Waals surface area contributed by atoms with Crippen molar-refractivity contribution in [2.45, 2.75) is 0 Å². The molecule has 1 heterocycles. The molecule has 6 heteroatoms. The third-order valence-corrected chi connectivity index (χ3v) is 3.79. The van der Waals surface area contributed by atoms with E-state index in [0.29, 0.717) is 15.7 Å². The van der Waals surface area contributed by atoms with Gasteiger partial charge in [-0.05, 0) is 30.3 Å². The van der Waals surface area contributed by atoms with E-state index in [9.17, 15) is 4.39 Å². The fraction of sp³-hybridized carbons (Fsp3) is 0. The summed E-state index contributed by atoms with van der Waals surface area (Å²) in [6, 6.07) is 12.1. The molecule has 3 aromatic rings. The van der Waals surface area contributed by atoms with Crippen molar-refractivity contribution in [1.29, 1.82) is 0 Å². The SMILES string of the molecule is Fc1ccc(Cl)cc1C=NNc1nc2ccccc2s1. The first-order valence-corrected chi connectivity index (χ1v) is 7.01. The van der Waals surface area contributed by atoms with Crippen molar-refractivity contribution in [1.82, 2.24) is 4.98 Å². The standard InChI is InChI=1S/C14H9ClFN3S/c15-10-5-6-11(16)9(7-10)8-17-19-14-18-12-3-1-2-4-13(12)20-14/h1-8H,(H,18,19). The van der Waals surface area contributed by atoms with Crippen molar-refractivity contribution in [2.75, 3.05) is 5.43 Å². The largest absolute Gasteiger partial charge is 0.253 e. The lowest BCUT2D eigenvalue weighted by Crippen LogP contribution is -1.92. The minimum atomic E-state index is -0.371. The van der Waals surface area contributed by atoms with E-state index in [2.05, 4.69) is 15.5 Å². The molecule has 0 unspecified atom stereocenters. The summed E-state index contributed by atoms with van der Waals surface area (Å²) in [5.74, 6) is -0.371. The Morgan fingerprint density at radius 3 is 2.95 bits per heavy atom. The van der Waals surface area contributed by atoms with Crippen LogP contribution in [-0.4, -0.2) is 11.2 Å². The van der Waals surface area contributed by atoms with Crippen LogP contribution in [0, 0.1) is 5.82 Å². The predicted molar refractivity (Wildman–Crippen MR) is 82.2 cm³/mol. The summed E-state index contributed by atoms with van der Waals surface area (Å²) in [6.07, 6.45) is 1.38. The number of hydrazone groups is 1. The molecule has 100 valence electrons. The molecule has 0 amide bonds. The van der Waals surface area contributed by atoms with E-state index in [4.69, 9.17) is 11.6 Å². The Kier molecular flexibility index (Phi) is 3.62. The number of benzene rings is 2. The molecule has 0 saturated heterocycles. The van der Waals surface area contributed by atoms with Crippen LogP contribution in [-0.2, 0) is 0 Å². The quantitative estimate of drug-likeness (QED) is 0.570. The van der Waals surface area contributed by atoms with Crippen molar-refractivity contribution in [2.24, 2.45) is 5.10 Å². The monoisotopic (exact) mass is 305 g/mol. The Labute approximate surface area is 123 Å². The highest BCUT2D eigenvalue weighted by molar-refractivity contribution is 7.22. The van der Waals surface area contributed by atoms with Gasteiger partial charge < -0.3 is 0 Å². The van der Waals surface area contributed by atoms with Crippen LogP contribution in [0.3, 0.4) is 0 Å². The Morgan fingerprint density at radius 1 is 1.25 bits per heavy atom. The van der Waals surface area contributed by atoms with Gasteiger partial charge in [-0.2, -0.15) is 5.10 Å². The van der Waals surface area contributed by atoms with Crippen LogP contribution in [0.1, 0.15) is 5.56 Å². The van der Waals surface area contributed by atoms with Gasteiger partial charge in [0.15, 0.2) is 0 Å². The average molecular weight is 306 g/mol. The molecule has 0 spiro atoms. The van der Waals surface area contributed by atoms with Gasteiger partial charge in [0.1, 0.15) is 5.82 Å². The van der Waals surface area contributed by atoms with E-state index in [1.807, 2.05) is 24.3 Å². The highest BCUT2D eigenvalue weighted by Gasteiger charge is 2.02. The molecule has 2 aromatic carbocycles. The van der Waals surface area contributed by atoms with Crippen LogP contribution in [0.5, 0.6) is 0 Å². The molecule has 0 saturated carbocycles. The summed E-state index contributed by atoms with van der Waals surface area (Å²) in [4.78, 5) is 4.36. The summed E-state index contributed by atoms with van der Waals surface area (Å²) in [5.41, 5.74) is 4.03. The molecule has 0 fully saturated rings. The second-order valence-corrected chi connectivity index (χ2v) is 5.49. The van der Waals surface area contributed by atoms with Crippen molar-refractivity contribution in [3.63, 3.8) is 0 Å². The first-order valence-electron chi connectivity index (χ1n) is 5.82. The summed E-state index contributed by atoms with van der Waals surface area (Å²) in [5, 5.41) is 5.11. The van der Waals surface area contributed by atoms with Crippen LogP contribution >= 0.6 is 22.9 Å². The fourth-order valence-corrected chi connectivity index (χ4v) is 2.69. The number of halogens is 2. The first kappa shape index (κ1) is 13.0. The van der Waals surface area contributed by atoms with Crippen molar-refractivity contribution in [3.05, 3.63) is 58.9 Å². The van der Waals surface area contributed by atoms with Crippen molar-refractivity contribution < 1.29 is 4.39 Å². The topological polar surface area (TPSA) is 37.3 Å². The molecule has 0 atom stereocenters. The molecular weight excluding hydrogens is 297 g/mol. The van der Waals surface area contributed by atoms with Gasteiger partial charge in [-0.3, -0.25) is 5.43 Å². The molecule has 20 heavy (non-hydrogen) atoms. The van der Waals surface area contributed by atoms with E-state index in [1.165, 1.54) is 35.8 Å². The molecule has 0 radical (unpaired) electrons. The summed E-state index contributed by atoms with van der Waals surface area (Å²) in [6.45, 7) is 0. The lowest BCUT2D eigenvalue weighted by molar-refractivity contribution is 0.626. The maximum absolute atomic E-state index is 13.5. The smallest absolute Gasteiger partial charge is 0.204 e. The number of aromatic nitrogens is 1. The normalized spacial score (nSPS) is 11.3. The Bertz CT molecular complexity index is 752. The van der Waals surface area contributed by atoms with Crippen LogP contribution < -0.4 is 5.43 Å². The Balaban J connectivity index is 1.78. The third kappa shape index (κ3) is 2.79. The van der Waals surface area contributed by atoms with Gasteiger partial charge in [-0.1, -0.05) is 35.1 Å². The van der Waals surface area contributed by atoms with Gasteiger partial charge in [0, 0.05) is 10.6 Å². The van der Waals surface area contributed by atoms with Gasteiger partial charge in [-0.25, -0.2) is 9.37 Å². The number of nitrogens with one attached hydrogen (secondary N) is 1. The molecule has 1 aromatic heterocycles. The van der Waals surface area contributed by atoms with Gasteiger partial charge >= 0.3 is 0 Å². The Hall–Kier alpha value is -1.98. The van der Waals surface area contributed by atoms with Gasteiger partial charge in [0.25, 0.3) is 0 Å². The predicted octanol–water partition coefficient (Wildman–Crippen LogP) is 4.53. The first-order chi connectivity index (χ1) is 9.72. The van der Waals surface area contributed by atoms with Crippen LogP contribution in [0.2, 0.25) is 5.02 Å². The van der Waals surface area contributed by atoms with E-state index in [0.717, 1.165) is 10.2 Å². The van der Waals surface area contributed by atoms with Crippen LogP contribution in [0.4, 0.5) is 9.52 Å². The molecule has 1 N–H and O–H groups in total. The number of rotatable bonds is 3. The molecule has 0 aliphatic carbocycles. The highest BCUT2D eigenvalue weighted by atomic mass is 35.5. The average Bonchev–Trinajstić information content (AvgIpc) is 2.85. The number of para-hydroxylation sites is 1. The van der Waals surface area contributed by atoms with Gasteiger partial charge in [0.05, 0.1) is 16.4 Å². The molecule has 3 rings (SSSR count). The molecule has 0 bridgehead atoms. The summed E-state index contributed by atoms with van der Waals surface area (Å²) in [7, 11) is 0. The zero-order chi connectivity index (χ0) is 13.9. The maximum atomic E-state index is 13.5. The summed E-state index contributed by atoms with van der Waals surface area (Å²) < 4.78 is 14.5. The minimum absolute atomic E-state index is 0.325. The van der Waals surface area contributed by atoms with E-state index < -0.39 is 0 Å². The summed E-state index contributed by atoms with van der Waals surface area (Å²) >= 11 is 7.29. The number of anilines is 1. The number of nitrogens with zero attached hydrogens (tertiary/aromatic N) is 2. The van der Waals surface area contributed by atoms with Crippen molar-refractivity contribution >= 4 is 44.5 Å². The van der Waals surface area contributed by atoms with E-state index in [-0.39, 0.29) is 5.82 Å². The van der Waals surface area contributed by atoms with Gasteiger partial charge in [-0.15, -0.1) is 0 Å². The number of fused-ring (bicyclic) bond motifs is 1. The second-order valence-electron chi connectivity index (χ2n) is 4.02. The van der Waals surface area contributed by atoms with Crippen LogP contribution in [0.15, 0.2) is 47.6 Å². The molecular formula is C14H9ClFN3S. The zero-order valence-corrected chi connectivity index (χ0v) is 11.7. The Morgan fingerprint density at radius 2 is 2.10 bits per heavy atom. The maximum Gasteiger partial charge on any atom is 0.204 e. The van der Waals surface area contributed by atoms with E-state index >= 15 is 0 Å². The van der Waals surface area contributed by atoms with Crippen molar-refractivity contribution in [3.8, 4) is 0 Å². The number of hydrogen-bond acceptors (Lipinski definition) is 4. The lowest BCUT2D eigenvalue weighted by atomic mass is 10.2. The second kappa shape index (κ2) is 5.56. The minimum Gasteiger partial charge on any atom is -0.253 e. The number of hydrogen-bond donors (Lipinski definition) is 1. The highest BCUT2D eigenvalue weighted by Crippen LogP contribution is 2.25. The number of thiazole rings is 1. The fourth-order valence-electron chi connectivity index (χ4n) is 1.69. The molecule has 3 nitrogen and oxygen atoms in total. The molecule has 0 aliphatic rings. The molecule has 0 aliphatic heterocycles. The van der Waals surface area contributed by atoms with Crippen LogP contribution in [0.25, 0.3) is 10.2 Å². The zero-order valence-electron chi connectivity index (χ0n) is 10.2.